The van der Waals surface area contributed by atoms with Gasteiger partial charge in [0.25, 0.3) is 0 Å². The van der Waals surface area contributed by atoms with Gasteiger partial charge in [-0.15, -0.1) is 0 Å². The summed E-state index contributed by atoms with van der Waals surface area (Å²) in [5.74, 6) is 2.46. The van der Waals surface area contributed by atoms with Gasteiger partial charge >= 0.3 is 0 Å². The van der Waals surface area contributed by atoms with Crippen molar-refractivity contribution in [2.45, 2.75) is 32.2 Å². The largest absolute Gasteiger partial charge is 0.387 e. The number of rotatable bonds is 0. The molecule has 10 heavy (non-hydrogen) atoms. The van der Waals surface area contributed by atoms with Gasteiger partial charge in [-0.2, -0.15) is 0 Å². The lowest BCUT2D eigenvalue weighted by Gasteiger charge is -2.19. The van der Waals surface area contributed by atoms with Crippen LogP contribution in [0.5, 0.6) is 0 Å². The van der Waals surface area contributed by atoms with Crippen molar-refractivity contribution in [3.05, 3.63) is 0 Å². The highest BCUT2D eigenvalue weighted by Gasteiger charge is 2.54. The van der Waals surface area contributed by atoms with E-state index in [1.54, 1.807) is 0 Å². The molecule has 3 atom stereocenters. The van der Waals surface area contributed by atoms with Crippen LogP contribution in [0.2, 0.25) is 0 Å². The highest BCUT2D eigenvalue weighted by atomic mass is 15.0. The fraction of sp³-hybridized carbons (Fsp3) is 0.875. The van der Waals surface area contributed by atoms with Gasteiger partial charge in [-0.05, 0) is 25.2 Å². The summed E-state index contributed by atoms with van der Waals surface area (Å²) < 4.78 is 0. The van der Waals surface area contributed by atoms with E-state index in [0.29, 0.717) is 0 Å². The fourth-order valence-corrected chi connectivity index (χ4v) is 2.17. The number of amidine groups is 1. The molecule has 2 N–H and O–H groups in total. The summed E-state index contributed by atoms with van der Waals surface area (Å²) in [6, 6.07) is 0. The summed E-state index contributed by atoms with van der Waals surface area (Å²) in [6.45, 7) is 4.48. The first kappa shape index (κ1) is 6.20. The molecule has 0 spiro atoms. The lowest BCUT2D eigenvalue weighted by molar-refractivity contribution is 0.451. The normalized spacial score (nSPS) is 51.6. The van der Waals surface area contributed by atoms with Crippen LogP contribution < -0.4 is 5.73 Å². The van der Waals surface area contributed by atoms with E-state index < -0.39 is 0 Å². The second-order valence-electron chi connectivity index (χ2n) is 3.95. The van der Waals surface area contributed by atoms with Crippen molar-refractivity contribution in [1.29, 1.82) is 0 Å². The summed E-state index contributed by atoms with van der Waals surface area (Å²) in [7, 11) is 0. The third kappa shape index (κ3) is 0.678. The minimum absolute atomic E-state index is 0.252. The first-order chi connectivity index (χ1) is 4.62. The molecule has 2 aliphatic rings. The Labute approximate surface area is 61.5 Å². The van der Waals surface area contributed by atoms with Crippen molar-refractivity contribution in [2.75, 3.05) is 0 Å². The van der Waals surface area contributed by atoms with E-state index in [1.807, 2.05) is 0 Å². The van der Waals surface area contributed by atoms with Gasteiger partial charge in [-0.25, -0.2) is 0 Å². The number of hydrogen-bond acceptors (Lipinski definition) is 2. The van der Waals surface area contributed by atoms with Gasteiger partial charge in [-0.3, -0.25) is 4.99 Å². The summed E-state index contributed by atoms with van der Waals surface area (Å²) in [5, 5.41) is 0. The molecule has 1 saturated carbocycles. The van der Waals surface area contributed by atoms with Gasteiger partial charge in [0.2, 0.25) is 0 Å². The van der Waals surface area contributed by atoms with Crippen LogP contribution in [-0.4, -0.2) is 11.4 Å². The Bertz CT molecular complexity index is 197. The minimum atomic E-state index is 0.252. The molecule has 0 aromatic carbocycles. The van der Waals surface area contributed by atoms with E-state index in [4.69, 9.17) is 5.73 Å². The van der Waals surface area contributed by atoms with Gasteiger partial charge in [0.1, 0.15) is 0 Å². The molecule has 1 aliphatic heterocycles. The predicted molar refractivity (Wildman–Crippen MR) is 41.9 cm³/mol. The smallest absolute Gasteiger partial charge is 0.0946 e. The maximum Gasteiger partial charge on any atom is 0.0946 e. The van der Waals surface area contributed by atoms with Gasteiger partial charge in [0, 0.05) is 6.42 Å². The van der Waals surface area contributed by atoms with Gasteiger partial charge in [0.05, 0.1) is 11.4 Å². The topological polar surface area (TPSA) is 38.4 Å². The molecule has 2 rings (SSSR count). The van der Waals surface area contributed by atoms with Crippen molar-refractivity contribution >= 4 is 5.84 Å². The first-order valence-electron chi connectivity index (χ1n) is 3.96. The maximum atomic E-state index is 5.68. The summed E-state index contributed by atoms with van der Waals surface area (Å²) in [6.07, 6.45) is 2.27. The quantitative estimate of drug-likeness (QED) is 0.536. The molecule has 0 bridgehead atoms. The van der Waals surface area contributed by atoms with Crippen LogP contribution in [0.25, 0.3) is 0 Å². The Hall–Kier alpha value is -0.530. The molecule has 0 aromatic heterocycles. The molecule has 1 heterocycles. The second-order valence-corrected chi connectivity index (χ2v) is 3.95. The summed E-state index contributed by atoms with van der Waals surface area (Å²) >= 11 is 0. The van der Waals surface area contributed by atoms with Crippen LogP contribution in [0.15, 0.2) is 4.99 Å². The summed E-state index contributed by atoms with van der Waals surface area (Å²) in [5.41, 5.74) is 5.93. The molecule has 1 fully saturated rings. The number of nitrogens with zero attached hydrogens (tertiary/aromatic N) is 1. The Morgan fingerprint density at radius 2 is 2.40 bits per heavy atom. The van der Waals surface area contributed by atoms with Crippen molar-refractivity contribution < 1.29 is 0 Å². The maximum absolute atomic E-state index is 5.68. The molecule has 1 aliphatic carbocycles. The van der Waals surface area contributed by atoms with Gasteiger partial charge in [0.15, 0.2) is 0 Å². The molecule has 0 aromatic rings. The lowest BCUT2D eigenvalue weighted by Crippen LogP contribution is -2.26. The third-order valence-corrected chi connectivity index (χ3v) is 2.89. The average molecular weight is 138 g/mol. The van der Waals surface area contributed by atoms with E-state index in [2.05, 4.69) is 18.8 Å². The van der Waals surface area contributed by atoms with E-state index >= 15 is 0 Å². The Kier molecular flexibility index (Phi) is 0.960. The molecule has 0 amide bonds. The molecule has 56 valence electrons. The van der Waals surface area contributed by atoms with E-state index in [1.165, 1.54) is 6.42 Å². The number of nitrogens with two attached hydrogens (primary N) is 1. The van der Waals surface area contributed by atoms with Crippen LogP contribution in [0, 0.1) is 11.8 Å². The van der Waals surface area contributed by atoms with Gasteiger partial charge in [-0.1, -0.05) is 6.92 Å². The van der Waals surface area contributed by atoms with E-state index in [9.17, 15) is 0 Å². The highest BCUT2D eigenvalue weighted by molar-refractivity contribution is 5.82. The fourth-order valence-electron chi connectivity index (χ4n) is 2.17. The average Bonchev–Trinajstić information content (AvgIpc) is 2.39. The minimum Gasteiger partial charge on any atom is -0.387 e. The zero-order chi connectivity index (χ0) is 7.35. The molecular formula is C8H14N2. The van der Waals surface area contributed by atoms with E-state index in [-0.39, 0.29) is 5.54 Å². The van der Waals surface area contributed by atoms with Gasteiger partial charge < -0.3 is 5.73 Å². The Morgan fingerprint density at radius 1 is 1.70 bits per heavy atom. The number of aliphatic imine (C=N–C) groups is 1. The molecular weight excluding hydrogens is 124 g/mol. The third-order valence-electron chi connectivity index (χ3n) is 2.89. The lowest BCUT2D eigenvalue weighted by atomic mass is 9.96. The standard InChI is InChI=1S/C8H14N2/c1-5-3-7(9)10-8(2)4-6(5)8/h5-6H,3-4H2,1-2H3,(H2,9,10)/t5?,6-,8-/m1/s1. The zero-order valence-electron chi connectivity index (χ0n) is 6.59. The monoisotopic (exact) mass is 138 g/mol. The predicted octanol–water partition coefficient (Wildman–Crippen LogP) is 1.16. The van der Waals surface area contributed by atoms with Crippen molar-refractivity contribution in [1.82, 2.24) is 0 Å². The van der Waals surface area contributed by atoms with Crippen LogP contribution in [0.4, 0.5) is 0 Å². The van der Waals surface area contributed by atoms with Crippen molar-refractivity contribution in [2.24, 2.45) is 22.6 Å². The Balaban J connectivity index is 2.26. The van der Waals surface area contributed by atoms with Crippen LogP contribution >= 0.6 is 0 Å². The Morgan fingerprint density at radius 3 is 3.00 bits per heavy atom. The number of fused-ring (bicyclic) bond motifs is 1. The van der Waals surface area contributed by atoms with Crippen LogP contribution in [0.3, 0.4) is 0 Å². The van der Waals surface area contributed by atoms with Crippen molar-refractivity contribution in [3.63, 3.8) is 0 Å². The highest BCUT2D eigenvalue weighted by Crippen LogP contribution is 2.54. The molecule has 1 unspecified atom stereocenters. The molecule has 2 nitrogen and oxygen atoms in total. The number of hydrogen-bond donors (Lipinski definition) is 1. The molecule has 0 saturated heterocycles. The van der Waals surface area contributed by atoms with E-state index in [0.717, 1.165) is 24.1 Å². The van der Waals surface area contributed by atoms with Crippen LogP contribution in [0.1, 0.15) is 26.7 Å². The van der Waals surface area contributed by atoms with Crippen molar-refractivity contribution in [3.8, 4) is 0 Å². The second kappa shape index (κ2) is 1.55. The zero-order valence-corrected chi connectivity index (χ0v) is 6.59. The van der Waals surface area contributed by atoms with Crippen LogP contribution in [-0.2, 0) is 0 Å². The SMILES string of the molecule is CC1CC(N)=N[C@]2(C)C[C@H]12. The molecule has 0 radical (unpaired) electrons. The summed E-state index contributed by atoms with van der Waals surface area (Å²) in [4.78, 5) is 4.43. The first-order valence-corrected chi connectivity index (χ1v) is 3.96. The molecule has 2 heteroatoms.